The summed E-state index contributed by atoms with van der Waals surface area (Å²) in [6, 6.07) is 0. The lowest BCUT2D eigenvalue weighted by Crippen LogP contribution is -2.20. The van der Waals surface area contributed by atoms with Crippen molar-refractivity contribution in [1.82, 2.24) is 0 Å². The smallest absolute Gasteiger partial charge is 0.110 e. The first-order valence-corrected chi connectivity index (χ1v) is 5.23. The molecular formula is C10H14B2N2. The average Bonchev–Trinajstić information content (AvgIpc) is 2.18. The monoisotopic (exact) mass is 184 g/mol. The molecule has 2 aliphatic rings. The van der Waals surface area contributed by atoms with E-state index in [0.29, 0.717) is 11.6 Å². The highest BCUT2D eigenvalue weighted by Crippen LogP contribution is 2.21. The normalized spacial score (nSPS) is 31.1. The van der Waals surface area contributed by atoms with Crippen LogP contribution in [0.15, 0.2) is 34.5 Å². The van der Waals surface area contributed by atoms with Gasteiger partial charge in [0, 0.05) is 12.4 Å². The molecular weight excluding hydrogens is 170 g/mol. The van der Waals surface area contributed by atoms with Crippen LogP contribution >= 0.6 is 0 Å². The number of aliphatic imine (C=N–C) groups is 2. The molecule has 4 heteroatoms. The summed E-state index contributed by atoms with van der Waals surface area (Å²) in [5.41, 5.74) is 2.35. The van der Waals surface area contributed by atoms with Crippen LogP contribution < -0.4 is 0 Å². The molecule has 0 N–H and O–H groups in total. The Labute approximate surface area is 86.7 Å². The second kappa shape index (κ2) is 3.99. The van der Waals surface area contributed by atoms with Gasteiger partial charge in [0.15, 0.2) is 0 Å². The Bertz CT molecular complexity index is 308. The molecule has 2 atom stereocenters. The Kier molecular flexibility index (Phi) is 2.71. The van der Waals surface area contributed by atoms with Crippen LogP contribution in [0.5, 0.6) is 0 Å². The first kappa shape index (κ1) is 9.50. The van der Waals surface area contributed by atoms with E-state index in [1.54, 1.807) is 0 Å². The summed E-state index contributed by atoms with van der Waals surface area (Å²) >= 11 is 0. The maximum Gasteiger partial charge on any atom is 0.110 e. The lowest BCUT2D eigenvalue weighted by molar-refractivity contribution is 1.02. The number of rotatable bonds is 1. The zero-order chi connectivity index (χ0) is 9.97. The molecule has 2 rings (SSSR count). The van der Waals surface area contributed by atoms with Crippen molar-refractivity contribution < 1.29 is 0 Å². The predicted octanol–water partition coefficient (Wildman–Crippen LogP) is 0.546. The van der Waals surface area contributed by atoms with E-state index < -0.39 is 0 Å². The van der Waals surface area contributed by atoms with E-state index in [0.717, 1.165) is 12.8 Å². The van der Waals surface area contributed by atoms with Crippen molar-refractivity contribution in [2.24, 2.45) is 9.98 Å². The fraction of sp³-hybridized carbons (Fsp3) is 0.400. The number of allylic oxidation sites excluding steroid dienone is 2. The molecule has 0 saturated heterocycles. The van der Waals surface area contributed by atoms with Gasteiger partial charge in [0.05, 0.1) is 11.4 Å². The first-order chi connectivity index (χ1) is 6.75. The minimum atomic E-state index is 0.603. The second-order valence-corrected chi connectivity index (χ2v) is 4.20. The molecule has 0 spiro atoms. The molecule has 70 valence electrons. The third kappa shape index (κ3) is 2.06. The molecule has 0 aromatic rings. The Hall–Kier alpha value is -1.05. The van der Waals surface area contributed by atoms with E-state index in [2.05, 4.69) is 37.8 Å². The predicted molar refractivity (Wildman–Crippen MR) is 67.0 cm³/mol. The molecule has 0 fully saturated rings. The molecule has 0 bridgehead atoms. The molecule has 0 radical (unpaired) electrons. The van der Waals surface area contributed by atoms with Crippen LogP contribution in [-0.4, -0.2) is 27.1 Å². The molecule has 0 amide bonds. The first-order valence-electron chi connectivity index (χ1n) is 5.23. The van der Waals surface area contributed by atoms with Gasteiger partial charge in [0.1, 0.15) is 15.7 Å². The van der Waals surface area contributed by atoms with Crippen LogP contribution in [0.3, 0.4) is 0 Å². The summed E-state index contributed by atoms with van der Waals surface area (Å²) in [6.07, 6.45) is 10.2. The van der Waals surface area contributed by atoms with E-state index in [1.807, 2.05) is 12.4 Å². The van der Waals surface area contributed by atoms with Crippen molar-refractivity contribution >= 4 is 27.1 Å². The standard InChI is InChI=1S/C10H14B2N2/c11-7-1-3-13-9(5-7)10-6-8(12)2-4-14-10/h1-4,7-8H,5-6,11-12H2. The summed E-state index contributed by atoms with van der Waals surface area (Å²) < 4.78 is 0. The summed E-state index contributed by atoms with van der Waals surface area (Å²) in [4.78, 5) is 8.82. The minimum Gasteiger partial charge on any atom is -0.260 e. The lowest BCUT2D eigenvalue weighted by Gasteiger charge is -2.18. The number of hydrogen-bond acceptors (Lipinski definition) is 2. The van der Waals surface area contributed by atoms with Gasteiger partial charge in [0.25, 0.3) is 0 Å². The SMILES string of the molecule is BC1C=CN=C(C2=NC=CC(B)C2)C1. The lowest BCUT2D eigenvalue weighted by atomic mass is 9.77. The molecule has 0 aromatic carbocycles. The summed E-state index contributed by atoms with van der Waals surface area (Å²) in [5, 5.41) is 0. The highest BCUT2D eigenvalue weighted by molar-refractivity contribution is 6.45. The second-order valence-electron chi connectivity index (χ2n) is 4.20. The minimum absolute atomic E-state index is 0.603. The highest BCUT2D eigenvalue weighted by atomic mass is 14.8. The summed E-state index contributed by atoms with van der Waals surface area (Å²) in [7, 11) is 4.43. The highest BCUT2D eigenvalue weighted by Gasteiger charge is 2.17. The van der Waals surface area contributed by atoms with Crippen molar-refractivity contribution in [2.45, 2.75) is 24.5 Å². The Morgan fingerprint density at radius 1 is 0.929 bits per heavy atom. The van der Waals surface area contributed by atoms with Gasteiger partial charge in [-0.15, -0.1) is 0 Å². The van der Waals surface area contributed by atoms with Gasteiger partial charge in [-0.25, -0.2) is 0 Å². The molecule has 2 heterocycles. The average molecular weight is 184 g/mol. The molecule has 2 aliphatic heterocycles. The zero-order valence-electron chi connectivity index (χ0n) is 8.77. The largest absolute Gasteiger partial charge is 0.260 e. The molecule has 2 nitrogen and oxygen atoms in total. The molecule has 14 heavy (non-hydrogen) atoms. The van der Waals surface area contributed by atoms with Crippen LogP contribution in [0.1, 0.15) is 12.8 Å². The van der Waals surface area contributed by atoms with Crippen LogP contribution in [0.4, 0.5) is 0 Å². The van der Waals surface area contributed by atoms with E-state index in [-0.39, 0.29) is 0 Å². The molecule has 0 saturated carbocycles. The molecule has 0 aromatic heterocycles. The van der Waals surface area contributed by atoms with Crippen LogP contribution in [-0.2, 0) is 0 Å². The van der Waals surface area contributed by atoms with Gasteiger partial charge in [-0.1, -0.05) is 12.2 Å². The van der Waals surface area contributed by atoms with Crippen molar-refractivity contribution in [3.8, 4) is 0 Å². The van der Waals surface area contributed by atoms with Gasteiger partial charge in [-0.2, -0.15) is 0 Å². The van der Waals surface area contributed by atoms with Gasteiger partial charge in [-0.05, 0) is 24.5 Å². The third-order valence-electron chi connectivity index (χ3n) is 2.65. The topological polar surface area (TPSA) is 24.7 Å². The Morgan fingerprint density at radius 2 is 1.36 bits per heavy atom. The van der Waals surface area contributed by atoms with Gasteiger partial charge >= 0.3 is 0 Å². The molecule has 0 aliphatic carbocycles. The summed E-state index contributed by atoms with van der Waals surface area (Å²) in [6.45, 7) is 0. The van der Waals surface area contributed by atoms with Crippen LogP contribution in [0.2, 0.25) is 11.6 Å². The number of nitrogens with zero attached hydrogens (tertiary/aromatic N) is 2. The van der Waals surface area contributed by atoms with E-state index in [4.69, 9.17) is 0 Å². The van der Waals surface area contributed by atoms with Crippen molar-refractivity contribution in [2.75, 3.05) is 0 Å². The molecule has 2 unspecified atom stereocenters. The maximum absolute atomic E-state index is 4.41. The van der Waals surface area contributed by atoms with E-state index in [9.17, 15) is 0 Å². The van der Waals surface area contributed by atoms with Crippen molar-refractivity contribution in [3.05, 3.63) is 24.6 Å². The van der Waals surface area contributed by atoms with Crippen LogP contribution in [0, 0.1) is 0 Å². The fourth-order valence-corrected chi connectivity index (χ4v) is 1.80. The van der Waals surface area contributed by atoms with Crippen molar-refractivity contribution in [3.63, 3.8) is 0 Å². The van der Waals surface area contributed by atoms with Crippen molar-refractivity contribution in [1.29, 1.82) is 0 Å². The Balaban J connectivity index is 2.16. The van der Waals surface area contributed by atoms with Gasteiger partial charge < -0.3 is 0 Å². The maximum atomic E-state index is 4.41. The zero-order valence-corrected chi connectivity index (χ0v) is 8.77. The fourth-order valence-electron chi connectivity index (χ4n) is 1.80. The van der Waals surface area contributed by atoms with Gasteiger partial charge in [0.2, 0.25) is 0 Å². The van der Waals surface area contributed by atoms with Gasteiger partial charge in [-0.3, -0.25) is 9.98 Å². The van der Waals surface area contributed by atoms with E-state index >= 15 is 0 Å². The summed E-state index contributed by atoms with van der Waals surface area (Å²) in [5.74, 6) is 1.21. The Morgan fingerprint density at radius 3 is 1.71 bits per heavy atom. The third-order valence-corrected chi connectivity index (χ3v) is 2.65. The quantitative estimate of drug-likeness (QED) is 0.531. The van der Waals surface area contributed by atoms with E-state index in [1.165, 1.54) is 11.4 Å². The number of hydrogen-bond donors (Lipinski definition) is 0. The van der Waals surface area contributed by atoms with Crippen LogP contribution in [0.25, 0.3) is 0 Å².